The van der Waals surface area contributed by atoms with Crippen molar-refractivity contribution in [2.45, 2.75) is 56.0 Å². The van der Waals surface area contributed by atoms with Gasteiger partial charge in [0.25, 0.3) is 0 Å². The van der Waals surface area contributed by atoms with Crippen LogP contribution >= 0.6 is 11.8 Å². The summed E-state index contributed by atoms with van der Waals surface area (Å²) < 4.78 is 1.81. The van der Waals surface area contributed by atoms with Crippen LogP contribution in [0.3, 0.4) is 0 Å². The van der Waals surface area contributed by atoms with Gasteiger partial charge in [0.2, 0.25) is 11.8 Å². The Hall–Kier alpha value is -2.35. The molecule has 8 heteroatoms. The van der Waals surface area contributed by atoms with Gasteiger partial charge >= 0.3 is 0 Å². The number of nitrogens with zero attached hydrogens (tertiary/aromatic N) is 3. The molecule has 3 rings (SSSR count). The molecule has 7 nitrogen and oxygen atoms in total. The standard InChI is InChI=1S/C18H23N5O2S/c1-12(17(25)21-14-6-3-4-7-14)26-18-22-19-11-23(18)16-9-5-8-15(10-16)20-13(2)24/h5,8-12,14H,3-4,6-7H2,1-2H3,(H,20,24)(H,21,25). The lowest BCUT2D eigenvalue weighted by Gasteiger charge is -2.16. The molecule has 1 atom stereocenters. The monoisotopic (exact) mass is 373 g/mol. The van der Waals surface area contributed by atoms with Crippen molar-refractivity contribution in [1.29, 1.82) is 0 Å². The number of aromatic nitrogens is 3. The second kappa shape index (κ2) is 8.35. The summed E-state index contributed by atoms with van der Waals surface area (Å²) in [7, 11) is 0. The van der Waals surface area contributed by atoms with Crippen LogP contribution in [0.2, 0.25) is 0 Å². The summed E-state index contributed by atoms with van der Waals surface area (Å²) in [6.45, 7) is 3.35. The van der Waals surface area contributed by atoms with Gasteiger partial charge in [-0.25, -0.2) is 0 Å². The van der Waals surface area contributed by atoms with Crippen molar-refractivity contribution in [2.75, 3.05) is 5.32 Å². The Labute approximate surface area is 157 Å². The second-order valence-electron chi connectivity index (χ2n) is 6.47. The summed E-state index contributed by atoms with van der Waals surface area (Å²) in [4.78, 5) is 23.7. The zero-order chi connectivity index (χ0) is 18.5. The zero-order valence-corrected chi connectivity index (χ0v) is 15.8. The van der Waals surface area contributed by atoms with Crippen LogP contribution < -0.4 is 10.6 Å². The minimum atomic E-state index is -0.267. The van der Waals surface area contributed by atoms with Crippen molar-refractivity contribution < 1.29 is 9.59 Å². The maximum atomic E-state index is 12.4. The maximum absolute atomic E-state index is 12.4. The van der Waals surface area contributed by atoms with E-state index in [9.17, 15) is 9.59 Å². The zero-order valence-electron chi connectivity index (χ0n) is 14.9. The van der Waals surface area contributed by atoms with Crippen LogP contribution in [0, 0.1) is 0 Å². The number of amides is 2. The molecule has 1 aromatic carbocycles. The van der Waals surface area contributed by atoms with Gasteiger partial charge in [-0.05, 0) is 38.0 Å². The van der Waals surface area contributed by atoms with E-state index in [1.165, 1.54) is 31.5 Å². The van der Waals surface area contributed by atoms with Gasteiger partial charge in [0.1, 0.15) is 6.33 Å². The van der Waals surface area contributed by atoms with Gasteiger partial charge in [0, 0.05) is 18.7 Å². The normalized spacial score (nSPS) is 15.6. The number of rotatable bonds is 6. The lowest BCUT2D eigenvalue weighted by Crippen LogP contribution is -2.37. The van der Waals surface area contributed by atoms with E-state index >= 15 is 0 Å². The van der Waals surface area contributed by atoms with Crippen molar-refractivity contribution in [3.8, 4) is 5.69 Å². The van der Waals surface area contributed by atoms with E-state index in [1.54, 1.807) is 6.33 Å². The summed E-state index contributed by atoms with van der Waals surface area (Å²) in [5.41, 5.74) is 1.53. The molecular formula is C18H23N5O2S. The molecule has 1 aliphatic carbocycles. The van der Waals surface area contributed by atoms with Gasteiger partial charge in [0.05, 0.1) is 10.9 Å². The van der Waals surface area contributed by atoms with Gasteiger partial charge in [-0.3, -0.25) is 14.2 Å². The molecule has 2 amide bonds. The van der Waals surface area contributed by atoms with Crippen molar-refractivity contribution in [2.24, 2.45) is 0 Å². The summed E-state index contributed by atoms with van der Waals surface area (Å²) >= 11 is 1.37. The van der Waals surface area contributed by atoms with Gasteiger partial charge in [-0.15, -0.1) is 10.2 Å². The van der Waals surface area contributed by atoms with E-state index < -0.39 is 0 Å². The third-order valence-corrected chi connectivity index (χ3v) is 5.37. The molecule has 1 unspecified atom stereocenters. The fourth-order valence-corrected chi connectivity index (χ4v) is 3.87. The molecule has 1 aromatic heterocycles. The van der Waals surface area contributed by atoms with E-state index in [1.807, 2.05) is 35.8 Å². The van der Waals surface area contributed by atoms with Gasteiger partial charge in [-0.2, -0.15) is 0 Å². The highest BCUT2D eigenvalue weighted by molar-refractivity contribution is 8.00. The fraction of sp³-hybridized carbons (Fsp3) is 0.444. The highest BCUT2D eigenvalue weighted by atomic mass is 32.2. The Kier molecular flexibility index (Phi) is 5.92. The molecule has 1 saturated carbocycles. The van der Waals surface area contributed by atoms with Crippen LogP contribution in [0.5, 0.6) is 0 Å². The average Bonchev–Trinajstić information content (AvgIpc) is 3.26. The molecule has 1 fully saturated rings. The number of thioether (sulfide) groups is 1. The number of hydrogen-bond donors (Lipinski definition) is 2. The topological polar surface area (TPSA) is 88.9 Å². The quantitative estimate of drug-likeness (QED) is 0.760. The summed E-state index contributed by atoms with van der Waals surface area (Å²) in [6.07, 6.45) is 6.11. The molecule has 2 N–H and O–H groups in total. The number of hydrogen-bond acceptors (Lipinski definition) is 5. The molecular weight excluding hydrogens is 350 g/mol. The van der Waals surface area contributed by atoms with E-state index in [0.29, 0.717) is 16.9 Å². The molecule has 0 radical (unpaired) electrons. The number of benzene rings is 1. The SMILES string of the molecule is CC(=O)Nc1cccc(-n2cnnc2SC(C)C(=O)NC2CCCC2)c1. The molecule has 1 heterocycles. The van der Waals surface area contributed by atoms with Crippen LogP contribution in [-0.4, -0.2) is 37.9 Å². The molecule has 0 aliphatic heterocycles. The first kappa shape index (κ1) is 18.4. The molecule has 0 spiro atoms. The van der Waals surface area contributed by atoms with Gasteiger partial charge in [0.15, 0.2) is 5.16 Å². The Morgan fingerprint density at radius 1 is 1.31 bits per heavy atom. The van der Waals surface area contributed by atoms with E-state index in [4.69, 9.17) is 0 Å². The summed E-state index contributed by atoms with van der Waals surface area (Å²) in [5.74, 6) is -0.0962. The Morgan fingerprint density at radius 2 is 2.08 bits per heavy atom. The number of carbonyl (C=O) groups excluding carboxylic acids is 2. The van der Waals surface area contributed by atoms with Crippen LogP contribution in [0.1, 0.15) is 39.5 Å². The van der Waals surface area contributed by atoms with E-state index in [0.717, 1.165) is 18.5 Å². The molecule has 0 saturated heterocycles. The minimum Gasteiger partial charge on any atom is -0.352 e. The highest BCUT2D eigenvalue weighted by Gasteiger charge is 2.23. The third kappa shape index (κ3) is 4.63. The lowest BCUT2D eigenvalue weighted by molar-refractivity contribution is -0.121. The number of carbonyl (C=O) groups is 2. The molecule has 26 heavy (non-hydrogen) atoms. The van der Waals surface area contributed by atoms with Crippen molar-refractivity contribution in [3.05, 3.63) is 30.6 Å². The highest BCUT2D eigenvalue weighted by Crippen LogP contribution is 2.26. The van der Waals surface area contributed by atoms with Crippen molar-refractivity contribution in [1.82, 2.24) is 20.1 Å². The van der Waals surface area contributed by atoms with Crippen LogP contribution in [0.4, 0.5) is 5.69 Å². The first-order valence-corrected chi connectivity index (χ1v) is 9.66. The van der Waals surface area contributed by atoms with Crippen molar-refractivity contribution >= 4 is 29.3 Å². The van der Waals surface area contributed by atoms with Gasteiger partial charge < -0.3 is 10.6 Å². The van der Waals surface area contributed by atoms with E-state index in [2.05, 4.69) is 20.8 Å². The predicted molar refractivity (Wildman–Crippen MR) is 101 cm³/mol. The maximum Gasteiger partial charge on any atom is 0.233 e. The lowest BCUT2D eigenvalue weighted by atomic mass is 10.2. The number of nitrogens with one attached hydrogen (secondary N) is 2. The Balaban J connectivity index is 1.70. The van der Waals surface area contributed by atoms with Crippen LogP contribution in [-0.2, 0) is 9.59 Å². The molecule has 138 valence electrons. The Morgan fingerprint density at radius 3 is 2.81 bits per heavy atom. The summed E-state index contributed by atoms with van der Waals surface area (Å²) in [5, 5.41) is 14.4. The largest absolute Gasteiger partial charge is 0.352 e. The molecule has 2 aromatic rings. The molecule has 0 bridgehead atoms. The first-order chi connectivity index (χ1) is 12.5. The smallest absolute Gasteiger partial charge is 0.233 e. The Bertz CT molecular complexity index is 785. The second-order valence-corrected chi connectivity index (χ2v) is 7.77. The minimum absolute atomic E-state index is 0.0310. The number of anilines is 1. The van der Waals surface area contributed by atoms with Crippen LogP contribution in [0.25, 0.3) is 5.69 Å². The fourth-order valence-electron chi connectivity index (χ4n) is 3.02. The average molecular weight is 373 g/mol. The molecule has 1 aliphatic rings. The van der Waals surface area contributed by atoms with E-state index in [-0.39, 0.29) is 17.1 Å². The van der Waals surface area contributed by atoms with Crippen LogP contribution in [0.15, 0.2) is 35.7 Å². The van der Waals surface area contributed by atoms with Gasteiger partial charge in [-0.1, -0.05) is 30.7 Å². The van der Waals surface area contributed by atoms with Crippen molar-refractivity contribution in [3.63, 3.8) is 0 Å². The summed E-state index contributed by atoms with van der Waals surface area (Å²) in [6, 6.07) is 7.73. The predicted octanol–water partition coefficient (Wildman–Crippen LogP) is 2.77. The third-order valence-electron chi connectivity index (χ3n) is 4.31. The first-order valence-electron chi connectivity index (χ1n) is 8.78.